The van der Waals surface area contributed by atoms with Crippen LogP contribution in [0.5, 0.6) is 0 Å². The Kier molecular flexibility index (Phi) is 15.9. The Morgan fingerprint density at radius 1 is 1.16 bits per heavy atom. The van der Waals surface area contributed by atoms with Crippen molar-refractivity contribution in [1.82, 2.24) is 9.88 Å². The number of nitrogen functional groups attached to an aromatic ring is 1. The van der Waals surface area contributed by atoms with E-state index in [0.717, 1.165) is 0 Å². The largest absolute Gasteiger partial charge is 0.509 e. The van der Waals surface area contributed by atoms with E-state index in [1.54, 1.807) is 45.4 Å². The summed E-state index contributed by atoms with van der Waals surface area (Å²) in [7, 11) is 5.40. The topological polar surface area (TPSA) is 183 Å². The molecular weight excluding hydrogens is 736 g/mol. The van der Waals surface area contributed by atoms with Crippen LogP contribution >= 0.6 is 0 Å². The van der Waals surface area contributed by atoms with Crippen molar-refractivity contribution >= 4 is 23.7 Å². The summed E-state index contributed by atoms with van der Waals surface area (Å²) in [4.78, 5) is 39.1. The fraction of sp³-hybridized carbons (Fsp3) is 0.714. The second-order valence-corrected chi connectivity index (χ2v) is 16.2. The number of anilines is 1. The van der Waals surface area contributed by atoms with Gasteiger partial charge in [-0.25, -0.2) is 9.78 Å². The molecule has 0 radical (unpaired) electrons. The Labute approximate surface area is 337 Å². The number of hydrogen-bond donors (Lipinski definition) is 2. The maximum atomic E-state index is 14.4. The Bertz CT molecular complexity index is 1630. The van der Waals surface area contributed by atoms with Crippen molar-refractivity contribution in [2.24, 2.45) is 28.8 Å². The van der Waals surface area contributed by atoms with E-state index >= 15 is 0 Å². The summed E-state index contributed by atoms with van der Waals surface area (Å²) in [6.07, 6.45) is -2.40. The van der Waals surface area contributed by atoms with Crippen molar-refractivity contribution < 1.29 is 52.7 Å². The summed E-state index contributed by atoms with van der Waals surface area (Å²) in [5, 5.41) is 16.3. The van der Waals surface area contributed by atoms with E-state index in [2.05, 4.69) is 28.6 Å². The first kappa shape index (κ1) is 45.9. The standard InChI is InChI=1S/C42H64N4O11/c1-13-20-52-45-32-24(3)23-41(8,50-12)35(55-39-33(47)30(46(10)11)22-25(4)53-39)27(6)34(51-21-16-18-29-17-15-19-44-37(29)43)28(7)38(48)54-31(14-2)42(9)36(26(32)5)56-40(49)57-42/h13,15,17,19,24-28,30-31,33-36,39,47H,1,14,20-23H2,2-12H3,(H2,43,44)/b45-32+/t24-,25-,26+,27+,28-,30+,31-,33-,34+,35-,36-,39+,41-,42-/m1/s1. The molecule has 0 unspecified atom stereocenters. The fourth-order valence-electron chi connectivity index (χ4n) is 8.63. The highest BCUT2D eigenvalue weighted by atomic mass is 16.8. The molecule has 0 aromatic carbocycles. The molecule has 15 heteroatoms. The van der Waals surface area contributed by atoms with Crippen LogP contribution in [0.3, 0.4) is 0 Å². The van der Waals surface area contributed by atoms with Crippen LogP contribution in [0.2, 0.25) is 0 Å². The van der Waals surface area contributed by atoms with Gasteiger partial charge in [0.15, 0.2) is 18.0 Å². The molecule has 4 heterocycles. The normalized spacial score (nSPS) is 38.5. The van der Waals surface area contributed by atoms with Gasteiger partial charge in [0, 0.05) is 37.1 Å². The Morgan fingerprint density at radius 3 is 2.51 bits per heavy atom. The van der Waals surface area contributed by atoms with Crippen LogP contribution in [0.15, 0.2) is 36.1 Å². The lowest BCUT2D eigenvalue weighted by atomic mass is 9.73. The number of fused-ring (bicyclic) bond motifs is 1. The molecule has 1 aromatic rings. The summed E-state index contributed by atoms with van der Waals surface area (Å²) in [6.45, 7) is 18.7. The number of nitrogens with zero attached hydrogens (tertiary/aromatic N) is 3. The summed E-state index contributed by atoms with van der Waals surface area (Å²) in [5.41, 5.74) is 4.60. The summed E-state index contributed by atoms with van der Waals surface area (Å²) < 4.78 is 44.2. The average molecular weight is 801 g/mol. The quantitative estimate of drug-likeness (QED) is 0.109. The van der Waals surface area contributed by atoms with E-state index in [9.17, 15) is 14.7 Å². The third kappa shape index (κ3) is 10.5. The third-order valence-electron chi connectivity index (χ3n) is 11.8. The highest BCUT2D eigenvalue weighted by Gasteiger charge is 2.59. The Balaban J connectivity index is 1.89. The number of aromatic nitrogens is 1. The first-order valence-electron chi connectivity index (χ1n) is 19.8. The van der Waals surface area contributed by atoms with Crippen molar-refractivity contribution in [2.45, 2.75) is 135 Å². The number of carbonyl (C=O) groups excluding carboxylic acids is 2. The molecule has 3 aliphatic heterocycles. The van der Waals surface area contributed by atoms with Crippen LogP contribution < -0.4 is 5.73 Å². The Hall–Kier alpha value is -3.78. The van der Waals surface area contributed by atoms with Gasteiger partial charge < -0.3 is 53.7 Å². The van der Waals surface area contributed by atoms with Crippen molar-refractivity contribution in [3.05, 3.63) is 36.5 Å². The number of esters is 1. The highest BCUT2D eigenvalue weighted by molar-refractivity contribution is 5.89. The monoisotopic (exact) mass is 800 g/mol. The molecule has 3 saturated heterocycles. The minimum Gasteiger partial charge on any atom is -0.458 e. The highest BCUT2D eigenvalue weighted by Crippen LogP contribution is 2.43. The van der Waals surface area contributed by atoms with Crippen molar-refractivity contribution in [2.75, 3.05) is 40.2 Å². The molecule has 0 spiro atoms. The summed E-state index contributed by atoms with van der Waals surface area (Å²) in [6, 6.07) is 3.24. The number of nitrogens with two attached hydrogens (primary N) is 1. The van der Waals surface area contributed by atoms with E-state index in [0.29, 0.717) is 30.5 Å². The minimum atomic E-state index is -1.38. The second-order valence-electron chi connectivity index (χ2n) is 16.2. The van der Waals surface area contributed by atoms with Gasteiger partial charge in [0.1, 0.15) is 31.2 Å². The summed E-state index contributed by atoms with van der Waals surface area (Å²) in [5.74, 6) is 3.25. The fourth-order valence-corrected chi connectivity index (χ4v) is 8.63. The maximum Gasteiger partial charge on any atom is 0.509 e. The number of cyclic esters (lactones) is 1. The van der Waals surface area contributed by atoms with Crippen LogP contribution in [0.4, 0.5) is 10.6 Å². The van der Waals surface area contributed by atoms with E-state index in [1.165, 1.54) is 0 Å². The molecule has 14 atom stereocenters. The number of rotatable bonds is 10. The van der Waals surface area contributed by atoms with Gasteiger partial charge in [0.25, 0.3) is 0 Å². The van der Waals surface area contributed by atoms with Crippen molar-refractivity contribution in [3.8, 4) is 11.8 Å². The SMILES string of the molecule is C=CCO/N=C1\[C@H](C)C[C@@](C)(OC)[C@H](O[C@@H]2O[C@H](C)C[C@H](N(C)C)[C@H]2O)[C@@H](C)[C@H](OCC#Cc2cccnc2N)[C@@H](C)C(=O)O[C@H](CC)[C@@]2(C)OC(=O)O[C@@H]2[C@H]1C. The maximum absolute atomic E-state index is 14.4. The number of aliphatic hydroxyl groups excluding tert-OH is 1. The first-order chi connectivity index (χ1) is 26.9. The summed E-state index contributed by atoms with van der Waals surface area (Å²) >= 11 is 0. The van der Waals surface area contributed by atoms with Crippen molar-refractivity contribution in [3.63, 3.8) is 0 Å². The predicted octanol–water partition coefficient (Wildman–Crippen LogP) is 4.74. The van der Waals surface area contributed by atoms with Gasteiger partial charge >= 0.3 is 12.1 Å². The van der Waals surface area contributed by atoms with Gasteiger partial charge in [-0.3, -0.25) is 4.79 Å². The molecule has 3 aliphatic rings. The van der Waals surface area contributed by atoms with Crippen LogP contribution in [-0.2, 0) is 42.8 Å². The van der Waals surface area contributed by atoms with Gasteiger partial charge in [0.2, 0.25) is 0 Å². The average Bonchev–Trinajstić information content (AvgIpc) is 3.48. The van der Waals surface area contributed by atoms with E-state index < -0.39 is 77.9 Å². The van der Waals surface area contributed by atoms with E-state index in [4.69, 9.17) is 43.7 Å². The van der Waals surface area contributed by atoms with Gasteiger partial charge in [-0.15, -0.1) is 0 Å². The molecule has 0 aliphatic carbocycles. The van der Waals surface area contributed by atoms with Crippen molar-refractivity contribution in [1.29, 1.82) is 0 Å². The molecule has 318 valence electrons. The molecule has 0 amide bonds. The molecule has 15 nitrogen and oxygen atoms in total. The zero-order chi connectivity index (χ0) is 42.2. The first-order valence-corrected chi connectivity index (χ1v) is 19.8. The number of aliphatic hydroxyl groups is 1. The van der Waals surface area contributed by atoms with Gasteiger partial charge in [0.05, 0.1) is 41.1 Å². The number of ether oxygens (including phenoxy) is 7. The zero-order valence-corrected chi connectivity index (χ0v) is 35.4. The number of carbonyl (C=O) groups is 2. The molecular formula is C42H64N4O11. The van der Waals surface area contributed by atoms with Gasteiger partial charge in [-0.2, -0.15) is 0 Å². The van der Waals surface area contributed by atoms with Crippen LogP contribution in [0.25, 0.3) is 0 Å². The molecule has 4 rings (SSSR count). The van der Waals surface area contributed by atoms with Crippen LogP contribution in [-0.4, -0.2) is 127 Å². The molecule has 3 fully saturated rings. The van der Waals surface area contributed by atoms with E-state index in [-0.39, 0.29) is 37.1 Å². The lowest BCUT2D eigenvalue weighted by Crippen LogP contribution is -2.60. The number of likely N-dealkylation sites (N-methyl/N-ethyl adjacent to an activating group) is 1. The number of methoxy groups -OCH3 is 1. The smallest absolute Gasteiger partial charge is 0.458 e. The number of pyridine rings is 1. The zero-order valence-electron chi connectivity index (χ0n) is 35.4. The van der Waals surface area contributed by atoms with Crippen LogP contribution in [0, 0.1) is 35.5 Å². The molecule has 3 N–H and O–H groups in total. The Morgan fingerprint density at radius 2 is 1.88 bits per heavy atom. The molecule has 1 aromatic heterocycles. The van der Waals surface area contributed by atoms with E-state index in [1.807, 2.05) is 60.5 Å². The van der Waals surface area contributed by atoms with Gasteiger partial charge in [-0.1, -0.05) is 57.3 Å². The molecule has 57 heavy (non-hydrogen) atoms. The number of oxime groups is 1. The molecule has 0 bridgehead atoms. The third-order valence-corrected chi connectivity index (χ3v) is 11.8. The van der Waals surface area contributed by atoms with Gasteiger partial charge in [-0.05, 0) is 73.2 Å². The second kappa shape index (κ2) is 19.8. The predicted molar refractivity (Wildman–Crippen MR) is 213 cm³/mol. The number of hydrogen-bond acceptors (Lipinski definition) is 15. The van der Waals surface area contributed by atoms with Crippen LogP contribution in [0.1, 0.15) is 80.2 Å². The lowest BCUT2D eigenvalue weighted by molar-refractivity contribution is -0.302. The minimum absolute atomic E-state index is 0.0898. The lowest BCUT2D eigenvalue weighted by Gasteiger charge is -2.48. The molecule has 0 saturated carbocycles.